The highest BCUT2D eigenvalue weighted by molar-refractivity contribution is 6.19. The third-order valence-electron chi connectivity index (χ3n) is 4.87. The van der Waals surface area contributed by atoms with Crippen LogP contribution < -0.4 is 33.2 Å². The molecule has 3 aromatic carbocycles. The fourth-order valence-corrected chi connectivity index (χ4v) is 3.44. The number of hydrogen-bond donors (Lipinski definition) is 6. The number of nitrogens with two attached hydrogens (primary N) is 2. The lowest BCUT2D eigenvalue weighted by molar-refractivity contribution is 0.111. The van der Waals surface area contributed by atoms with Crippen LogP contribution in [0.5, 0.6) is 0 Å². The Morgan fingerprint density at radius 2 is 1.00 bits per heavy atom. The van der Waals surface area contributed by atoms with Gasteiger partial charge in [-0.1, -0.05) is 48.5 Å². The fourth-order valence-electron chi connectivity index (χ4n) is 3.44. The number of fused-ring (bicyclic) bond motifs is 2. The van der Waals surface area contributed by atoms with Gasteiger partial charge in [-0.25, -0.2) is 11.7 Å². The van der Waals surface area contributed by atoms with Gasteiger partial charge >= 0.3 is 0 Å². The lowest BCUT2D eigenvalue weighted by Crippen LogP contribution is -2.38. The summed E-state index contributed by atoms with van der Waals surface area (Å²) in [6.45, 7) is 3.47. The van der Waals surface area contributed by atoms with E-state index in [4.69, 9.17) is 11.7 Å². The van der Waals surface area contributed by atoms with Crippen molar-refractivity contribution in [3.63, 3.8) is 0 Å². The fraction of sp³-hybridized carbons (Fsp3) is 0.182. The second-order valence-corrected chi connectivity index (χ2v) is 6.76. The number of carbonyl (C=O) groups excluding carboxylic acids is 2. The van der Waals surface area contributed by atoms with Crippen molar-refractivity contribution in [1.29, 1.82) is 0 Å². The summed E-state index contributed by atoms with van der Waals surface area (Å²) in [6, 6.07) is 15.0. The Labute approximate surface area is 209 Å². The minimum Gasteiger partial charge on any atom is -0.353 e. The molecule has 0 radical (unpaired) electrons. The van der Waals surface area contributed by atoms with Crippen LogP contribution in [0.1, 0.15) is 20.7 Å². The number of nitrogens with one attached hydrogen (secondary N) is 4. The molecule has 0 unspecified atom stereocenters. The van der Waals surface area contributed by atoms with Gasteiger partial charge in [0.15, 0.2) is 12.6 Å². The molecule has 0 fully saturated rings. The lowest BCUT2D eigenvalue weighted by atomic mass is 9.93. The number of aliphatic imine (C=N–C) groups is 2. The first-order valence-corrected chi connectivity index (χ1v) is 10.1. The van der Waals surface area contributed by atoms with Gasteiger partial charge in [-0.2, -0.15) is 0 Å². The zero-order chi connectivity index (χ0) is 22.8. The van der Waals surface area contributed by atoms with Crippen molar-refractivity contribution in [3.05, 3.63) is 59.7 Å². The first kappa shape index (κ1) is 28.6. The molecule has 0 saturated heterocycles. The molecule has 182 valence electrons. The molecule has 2 aliphatic rings. The van der Waals surface area contributed by atoms with Crippen LogP contribution in [-0.2, 0) is 0 Å². The SMILES string of the molecule is Cl.Cl.NNC1=NCCN1.NNC1=NCCN1.O=Cc1c2ccccc2c(C=O)c2ccccc12. The van der Waals surface area contributed by atoms with Gasteiger partial charge in [0.25, 0.3) is 0 Å². The van der Waals surface area contributed by atoms with Crippen molar-refractivity contribution < 1.29 is 9.59 Å². The second kappa shape index (κ2) is 14.7. The van der Waals surface area contributed by atoms with Gasteiger partial charge in [0.1, 0.15) is 0 Å². The quantitative estimate of drug-likeness (QED) is 0.131. The smallest absolute Gasteiger partial charge is 0.205 e. The Morgan fingerprint density at radius 1 is 0.676 bits per heavy atom. The summed E-state index contributed by atoms with van der Waals surface area (Å²) in [4.78, 5) is 30.5. The van der Waals surface area contributed by atoms with E-state index in [9.17, 15) is 9.59 Å². The number of hydrogen-bond acceptors (Lipinski definition) is 10. The summed E-state index contributed by atoms with van der Waals surface area (Å²) in [6.07, 6.45) is 1.72. The Morgan fingerprint density at radius 3 is 1.18 bits per heavy atom. The third kappa shape index (κ3) is 6.78. The third-order valence-corrected chi connectivity index (χ3v) is 4.87. The molecule has 2 aliphatic heterocycles. The van der Waals surface area contributed by atoms with Gasteiger partial charge in [0.05, 0.1) is 13.1 Å². The van der Waals surface area contributed by atoms with E-state index in [1.54, 1.807) is 0 Å². The highest BCUT2D eigenvalue weighted by atomic mass is 35.5. The molecule has 10 nitrogen and oxygen atoms in total. The molecule has 2 heterocycles. The van der Waals surface area contributed by atoms with Crippen molar-refractivity contribution in [2.24, 2.45) is 21.7 Å². The number of benzene rings is 3. The van der Waals surface area contributed by atoms with E-state index in [2.05, 4.69) is 31.5 Å². The van der Waals surface area contributed by atoms with Crippen LogP contribution in [0, 0.1) is 0 Å². The van der Waals surface area contributed by atoms with Crippen LogP contribution in [0.15, 0.2) is 58.5 Å². The van der Waals surface area contributed by atoms with Crippen molar-refractivity contribution in [3.8, 4) is 0 Å². The molecule has 8 N–H and O–H groups in total. The van der Waals surface area contributed by atoms with E-state index in [1.165, 1.54) is 0 Å². The van der Waals surface area contributed by atoms with Crippen LogP contribution >= 0.6 is 24.8 Å². The average molecular weight is 507 g/mol. The van der Waals surface area contributed by atoms with E-state index in [1.807, 2.05) is 48.5 Å². The van der Waals surface area contributed by atoms with Gasteiger partial charge in [-0.15, -0.1) is 24.8 Å². The molecule has 0 saturated carbocycles. The van der Waals surface area contributed by atoms with Crippen LogP contribution in [0.25, 0.3) is 21.5 Å². The summed E-state index contributed by atoms with van der Waals surface area (Å²) in [5.74, 6) is 11.4. The Balaban J connectivity index is 0.000000301. The monoisotopic (exact) mass is 506 g/mol. The van der Waals surface area contributed by atoms with Crippen molar-refractivity contribution in [2.45, 2.75) is 0 Å². The molecular formula is C22H28Cl2N8O2. The van der Waals surface area contributed by atoms with E-state index in [0.29, 0.717) is 23.0 Å². The summed E-state index contributed by atoms with van der Waals surface area (Å²) in [5.41, 5.74) is 6.10. The zero-order valence-electron chi connectivity index (χ0n) is 18.3. The first-order chi connectivity index (χ1) is 15.7. The van der Waals surface area contributed by atoms with Crippen LogP contribution in [0.3, 0.4) is 0 Å². The predicted molar refractivity (Wildman–Crippen MR) is 142 cm³/mol. The van der Waals surface area contributed by atoms with Gasteiger partial charge < -0.3 is 10.6 Å². The summed E-state index contributed by atoms with van der Waals surface area (Å²) >= 11 is 0. The summed E-state index contributed by atoms with van der Waals surface area (Å²) < 4.78 is 0. The Kier molecular flexibility index (Phi) is 12.3. The van der Waals surface area contributed by atoms with Gasteiger partial charge in [0, 0.05) is 24.2 Å². The van der Waals surface area contributed by atoms with E-state index in [0.717, 1.165) is 60.3 Å². The summed E-state index contributed by atoms with van der Waals surface area (Å²) in [7, 11) is 0. The average Bonchev–Trinajstić information content (AvgIpc) is 3.57. The largest absolute Gasteiger partial charge is 0.353 e. The van der Waals surface area contributed by atoms with Gasteiger partial charge in [0.2, 0.25) is 11.9 Å². The van der Waals surface area contributed by atoms with Crippen molar-refractivity contribution >= 4 is 70.9 Å². The van der Waals surface area contributed by atoms with Crippen LogP contribution in [0.2, 0.25) is 0 Å². The first-order valence-electron chi connectivity index (χ1n) is 10.1. The number of halogens is 2. The van der Waals surface area contributed by atoms with Crippen LogP contribution in [0.4, 0.5) is 0 Å². The van der Waals surface area contributed by atoms with Crippen molar-refractivity contribution in [2.75, 3.05) is 26.2 Å². The molecule has 3 aromatic rings. The maximum absolute atomic E-state index is 11.3. The van der Waals surface area contributed by atoms with Gasteiger partial charge in [-0.3, -0.25) is 30.4 Å². The molecule has 0 bridgehead atoms. The standard InChI is InChI=1S/C16H10O2.2C3H8N4.2ClH/c17-9-15-11-5-1-2-6-12(11)16(10-18)14-8-4-3-7-13(14)15;2*4-7-3-5-1-2-6-3;;/h1-10H;2*1-2,4H2,(H2,5,6,7);2*1H. The summed E-state index contributed by atoms with van der Waals surface area (Å²) in [5, 5.41) is 9.15. The number of aldehydes is 2. The number of guanidine groups is 2. The topological polar surface area (TPSA) is 159 Å². The molecule has 0 aromatic heterocycles. The van der Waals surface area contributed by atoms with E-state index in [-0.39, 0.29) is 24.8 Å². The molecule has 0 atom stereocenters. The molecule has 0 spiro atoms. The number of hydrazine groups is 2. The van der Waals surface area contributed by atoms with E-state index < -0.39 is 0 Å². The van der Waals surface area contributed by atoms with Crippen molar-refractivity contribution in [1.82, 2.24) is 21.5 Å². The molecule has 34 heavy (non-hydrogen) atoms. The zero-order valence-corrected chi connectivity index (χ0v) is 19.9. The maximum atomic E-state index is 11.3. The minimum absolute atomic E-state index is 0. The Bertz CT molecular complexity index is 1020. The van der Waals surface area contributed by atoms with Crippen LogP contribution in [-0.4, -0.2) is 50.7 Å². The second-order valence-electron chi connectivity index (χ2n) is 6.76. The maximum Gasteiger partial charge on any atom is 0.205 e. The number of nitrogens with zero attached hydrogens (tertiary/aromatic N) is 2. The van der Waals surface area contributed by atoms with Gasteiger partial charge in [-0.05, 0) is 21.5 Å². The minimum atomic E-state index is 0. The highest BCUT2D eigenvalue weighted by Gasteiger charge is 2.11. The predicted octanol–water partition coefficient (Wildman–Crippen LogP) is 1.28. The normalized spacial score (nSPS) is 13.1. The Hall–Kier alpha value is -3.44. The lowest BCUT2D eigenvalue weighted by Gasteiger charge is -2.09. The molecule has 0 aliphatic carbocycles. The highest BCUT2D eigenvalue weighted by Crippen LogP contribution is 2.30. The number of rotatable bonds is 2. The molecule has 5 rings (SSSR count). The van der Waals surface area contributed by atoms with E-state index >= 15 is 0 Å². The molecular weight excluding hydrogens is 479 g/mol. The molecule has 12 heteroatoms. The molecule has 0 amide bonds. The number of carbonyl (C=O) groups is 2.